The average Bonchev–Trinajstić information content (AvgIpc) is 1.00. The Bertz CT molecular complexity index is 6480. The molecule has 18 aromatic carbocycles. The zero-order valence-electron chi connectivity index (χ0n) is 55.3. The van der Waals surface area contributed by atoms with Crippen LogP contribution in [0.15, 0.2) is 377 Å². The number of halogens is 1. The first-order chi connectivity index (χ1) is 50.5. The maximum atomic E-state index is 9.43. The summed E-state index contributed by atoms with van der Waals surface area (Å²) < 4.78 is 18.6. The minimum atomic E-state index is 0.664. The van der Waals surface area contributed by atoms with E-state index in [1.54, 1.807) is 0 Å². The van der Waals surface area contributed by atoms with Crippen molar-refractivity contribution in [3.05, 3.63) is 368 Å². The Morgan fingerprint density at radius 2 is 0.529 bits per heavy atom. The normalized spacial score (nSPS) is 11.4. The molecule has 0 bridgehead atoms. The Labute approximate surface area is 598 Å². The van der Waals surface area contributed by atoms with Gasteiger partial charge in [0.2, 0.25) is 0 Å². The minimum absolute atomic E-state index is 0.664. The summed E-state index contributed by atoms with van der Waals surface area (Å²) in [6, 6.07) is 129. The van der Waals surface area contributed by atoms with E-state index in [4.69, 9.17) is 13.5 Å². The van der Waals surface area contributed by atoms with E-state index >= 15 is 0 Å². The first-order valence-electron chi connectivity index (χ1n) is 34.3. The zero-order valence-corrected chi connectivity index (χ0v) is 56.9. The van der Waals surface area contributed by atoms with Crippen molar-refractivity contribution in [2.45, 2.75) is 0 Å². The standard InChI is InChI=1S/C48H30O.C30H20BO2.C18H11BrO/c1-2-15-37-32(11-1)12-10-21-38(37)35-13-9-14-36(29-35)48-42-19-5-3-17-40(42)47(41-18-4-6-20-43(41)48)33-25-23-31(24-26-33)34-27-28-46-44(30-34)39-16-7-8-22-45(39)49-46;32-31-33-30-27-16-5-3-14-25(27)29(26-15-4-6-17-28(26)30)22-12-7-11-21(19-22)24-18-8-10-20-9-1-2-13-23(20)24;19-14-8-5-12(6-9-14)13-7-10-18-16(11-13)15-3-1-2-4-17(15)20-18/h1-30H;1-19,32H;1-11H. The average molecular weight is 1370 g/mol. The fourth-order valence-electron chi connectivity index (χ4n) is 15.3. The number of fused-ring (bicyclic) bond motifs is 12. The number of hydrogen-bond acceptors (Lipinski definition) is 4. The number of benzene rings is 18. The second kappa shape index (κ2) is 26.6. The minimum Gasteiger partial charge on any atom is -0.537 e. The van der Waals surface area contributed by atoms with Crippen molar-refractivity contribution in [3.63, 3.8) is 0 Å². The highest BCUT2D eigenvalue weighted by molar-refractivity contribution is 9.10. The molecule has 20 aromatic rings. The van der Waals surface area contributed by atoms with Gasteiger partial charge in [-0.25, -0.2) is 0 Å². The Balaban J connectivity index is 0.000000121. The van der Waals surface area contributed by atoms with E-state index in [2.05, 4.69) is 307 Å². The summed E-state index contributed by atoms with van der Waals surface area (Å²) in [5, 5.41) is 28.2. The van der Waals surface area contributed by atoms with Gasteiger partial charge in [-0.1, -0.05) is 319 Å². The van der Waals surface area contributed by atoms with Crippen LogP contribution in [0.5, 0.6) is 5.75 Å². The molecule has 0 atom stereocenters. The van der Waals surface area contributed by atoms with Crippen molar-refractivity contribution in [2.24, 2.45) is 0 Å². The van der Waals surface area contributed by atoms with Gasteiger partial charge in [0, 0.05) is 36.8 Å². The van der Waals surface area contributed by atoms with Crippen molar-refractivity contribution in [2.75, 3.05) is 0 Å². The van der Waals surface area contributed by atoms with Gasteiger partial charge >= 0.3 is 7.69 Å². The largest absolute Gasteiger partial charge is 0.569 e. The van der Waals surface area contributed by atoms with Gasteiger partial charge in [-0.15, -0.1) is 0 Å². The molecular formula is C96H61BBrO4. The molecule has 6 heteroatoms. The number of para-hydroxylation sites is 2. The summed E-state index contributed by atoms with van der Waals surface area (Å²) >= 11 is 3.47. The molecule has 0 aliphatic carbocycles. The van der Waals surface area contributed by atoms with E-state index < -0.39 is 0 Å². The third-order valence-electron chi connectivity index (χ3n) is 19.9. The van der Waals surface area contributed by atoms with Crippen molar-refractivity contribution < 1.29 is 18.5 Å². The van der Waals surface area contributed by atoms with Crippen molar-refractivity contribution >= 4 is 132 Å². The highest BCUT2D eigenvalue weighted by atomic mass is 79.9. The van der Waals surface area contributed by atoms with Crippen LogP contribution in [-0.2, 0) is 0 Å². The maximum absolute atomic E-state index is 9.43. The predicted molar refractivity (Wildman–Crippen MR) is 433 cm³/mol. The smallest absolute Gasteiger partial charge is 0.537 e. The van der Waals surface area contributed by atoms with Crippen LogP contribution in [0.3, 0.4) is 0 Å². The van der Waals surface area contributed by atoms with E-state index in [1.165, 1.54) is 121 Å². The number of hydrogen-bond donors (Lipinski definition) is 1. The zero-order chi connectivity index (χ0) is 68.0. The van der Waals surface area contributed by atoms with Crippen molar-refractivity contribution in [1.29, 1.82) is 0 Å². The predicted octanol–water partition coefficient (Wildman–Crippen LogP) is 27.1. The fourth-order valence-corrected chi connectivity index (χ4v) is 15.5. The lowest BCUT2D eigenvalue weighted by Gasteiger charge is -2.18. The third-order valence-corrected chi connectivity index (χ3v) is 20.5. The third kappa shape index (κ3) is 11.3. The van der Waals surface area contributed by atoms with Crippen molar-refractivity contribution in [3.8, 4) is 83.6 Å². The van der Waals surface area contributed by atoms with Crippen LogP contribution in [0, 0.1) is 0 Å². The molecule has 0 saturated heterocycles. The van der Waals surface area contributed by atoms with Gasteiger partial charge in [-0.3, -0.25) is 0 Å². The lowest BCUT2D eigenvalue weighted by Crippen LogP contribution is -2.02. The summed E-state index contributed by atoms with van der Waals surface area (Å²) in [6.07, 6.45) is 0. The highest BCUT2D eigenvalue weighted by Gasteiger charge is 2.21. The fraction of sp³-hybridized carbons (Fsp3) is 0. The van der Waals surface area contributed by atoms with Gasteiger partial charge in [-0.2, -0.15) is 0 Å². The Morgan fingerprint density at radius 1 is 0.225 bits per heavy atom. The summed E-state index contributed by atoms with van der Waals surface area (Å²) in [7, 11) is 0.759. The van der Waals surface area contributed by atoms with E-state index in [9.17, 15) is 5.02 Å². The molecule has 2 aromatic heterocycles. The van der Waals surface area contributed by atoms with Crippen LogP contribution in [-0.4, -0.2) is 12.7 Å². The Kier molecular flexibility index (Phi) is 16.1. The van der Waals surface area contributed by atoms with Crippen LogP contribution < -0.4 is 4.65 Å². The molecule has 0 spiro atoms. The molecular weight excluding hydrogens is 1310 g/mol. The van der Waals surface area contributed by atoms with E-state index in [0.29, 0.717) is 5.75 Å². The molecule has 1 N–H and O–H groups in total. The first kappa shape index (κ1) is 61.7. The Morgan fingerprint density at radius 3 is 0.961 bits per heavy atom. The van der Waals surface area contributed by atoms with Gasteiger partial charge in [0.15, 0.2) is 0 Å². The molecule has 0 unspecified atom stereocenters. The quantitative estimate of drug-likeness (QED) is 0.116. The monoisotopic (exact) mass is 1370 g/mol. The van der Waals surface area contributed by atoms with Gasteiger partial charge < -0.3 is 18.5 Å². The maximum Gasteiger partial charge on any atom is 0.569 e. The summed E-state index contributed by atoms with van der Waals surface area (Å²) in [6.45, 7) is 0. The van der Waals surface area contributed by atoms with Crippen LogP contribution >= 0.6 is 15.9 Å². The Hall–Kier alpha value is -12.6. The molecule has 20 rings (SSSR count). The molecule has 0 aliphatic heterocycles. The van der Waals surface area contributed by atoms with Crippen LogP contribution in [0.2, 0.25) is 0 Å². The first-order valence-corrected chi connectivity index (χ1v) is 35.1. The molecule has 2 heterocycles. The molecule has 479 valence electrons. The van der Waals surface area contributed by atoms with Crippen molar-refractivity contribution in [1.82, 2.24) is 0 Å². The van der Waals surface area contributed by atoms with E-state index in [0.717, 1.165) is 77.9 Å². The number of rotatable bonds is 9. The second-order valence-corrected chi connectivity index (χ2v) is 26.7. The number of furan rings is 2. The van der Waals surface area contributed by atoms with Crippen LogP contribution in [0.25, 0.3) is 186 Å². The molecule has 102 heavy (non-hydrogen) atoms. The van der Waals surface area contributed by atoms with Crippen LogP contribution in [0.4, 0.5) is 0 Å². The van der Waals surface area contributed by atoms with Crippen LogP contribution in [0.1, 0.15) is 0 Å². The van der Waals surface area contributed by atoms with E-state index in [-0.39, 0.29) is 0 Å². The second-order valence-electron chi connectivity index (χ2n) is 25.8. The topological polar surface area (TPSA) is 55.7 Å². The van der Waals surface area contributed by atoms with E-state index in [1.807, 2.05) is 72.8 Å². The summed E-state index contributed by atoms with van der Waals surface area (Å²) in [4.78, 5) is 0. The molecule has 1 radical (unpaired) electrons. The highest BCUT2D eigenvalue weighted by Crippen LogP contribution is 2.47. The molecule has 0 saturated carbocycles. The summed E-state index contributed by atoms with van der Waals surface area (Å²) in [5.74, 6) is 0.664. The summed E-state index contributed by atoms with van der Waals surface area (Å²) in [5.41, 5.74) is 20.7. The van der Waals surface area contributed by atoms with Gasteiger partial charge in [0.05, 0.1) is 0 Å². The SMILES string of the molecule is Brc1ccc(-c2ccc3oc4ccccc4c3c2)cc1.O[B]Oc1c2ccccc2c(-c2cccc(-c3cccc4ccccc34)c2)c2ccccc12.c1cc(-c2cccc3ccccc23)cc(-c2c3ccccc3c(-c3ccc(-c4ccc5oc6ccccc6c5c4)cc3)c3ccccc23)c1. The lowest BCUT2D eigenvalue weighted by atomic mass is 9.85. The molecule has 0 fully saturated rings. The van der Waals surface area contributed by atoms with Gasteiger partial charge in [0.25, 0.3) is 0 Å². The molecule has 0 aliphatic rings. The van der Waals surface area contributed by atoms with Gasteiger partial charge in [-0.05, 0) is 192 Å². The molecule has 4 nitrogen and oxygen atoms in total. The van der Waals surface area contributed by atoms with Gasteiger partial charge in [0.1, 0.15) is 28.1 Å². The lowest BCUT2D eigenvalue weighted by molar-refractivity contribution is 0.459. The molecule has 0 amide bonds.